The van der Waals surface area contributed by atoms with Gasteiger partial charge in [-0.15, -0.1) is 6.58 Å². The molecule has 0 aromatic heterocycles. The van der Waals surface area contributed by atoms with Gasteiger partial charge in [0.15, 0.2) is 11.5 Å². The normalized spacial score (nSPS) is 10.1. The van der Waals surface area contributed by atoms with Crippen molar-refractivity contribution >= 4 is 0 Å². The van der Waals surface area contributed by atoms with Gasteiger partial charge in [-0.1, -0.05) is 13.0 Å². The van der Waals surface area contributed by atoms with Gasteiger partial charge in [-0.2, -0.15) is 0 Å². The number of allylic oxidation sites excluding steroid dienone is 1. The lowest BCUT2D eigenvalue weighted by Gasteiger charge is -2.15. The minimum Gasteiger partial charge on any atom is -0.504 e. The molecule has 0 amide bonds. The van der Waals surface area contributed by atoms with Gasteiger partial charge in [0.1, 0.15) is 0 Å². The van der Waals surface area contributed by atoms with Crippen LogP contribution in [0.4, 0.5) is 0 Å². The zero-order valence-electron chi connectivity index (χ0n) is 9.63. The molecular weight excluding hydrogens is 188 g/mol. The molecule has 1 aromatic carbocycles. The molecule has 1 aromatic rings. The van der Waals surface area contributed by atoms with Crippen molar-refractivity contribution < 1.29 is 9.84 Å². The largest absolute Gasteiger partial charge is 0.504 e. The Hall–Kier alpha value is -1.44. The summed E-state index contributed by atoms with van der Waals surface area (Å²) in [4.78, 5) is 0. The Bertz CT molecular complexity index is 367. The van der Waals surface area contributed by atoms with Crippen LogP contribution in [-0.4, -0.2) is 12.2 Å². The van der Waals surface area contributed by atoms with Crippen LogP contribution >= 0.6 is 0 Å². The van der Waals surface area contributed by atoms with E-state index in [9.17, 15) is 5.11 Å². The SMILES string of the molecule is C=CCc1c(CC)cc(O)c(OC)c1C. The topological polar surface area (TPSA) is 29.5 Å². The van der Waals surface area contributed by atoms with Crippen molar-refractivity contribution in [1.82, 2.24) is 0 Å². The predicted octanol–water partition coefficient (Wildman–Crippen LogP) is 3.00. The summed E-state index contributed by atoms with van der Waals surface area (Å²) in [6.07, 6.45) is 3.59. The molecule has 15 heavy (non-hydrogen) atoms. The molecule has 0 saturated carbocycles. The lowest BCUT2D eigenvalue weighted by Crippen LogP contribution is -1.99. The van der Waals surface area contributed by atoms with E-state index in [1.807, 2.05) is 13.0 Å². The molecule has 0 radical (unpaired) electrons. The number of rotatable bonds is 4. The van der Waals surface area contributed by atoms with Gasteiger partial charge in [-0.05, 0) is 42.5 Å². The Balaban J connectivity index is 3.38. The summed E-state index contributed by atoms with van der Waals surface area (Å²) in [6, 6.07) is 1.78. The highest BCUT2D eigenvalue weighted by molar-refractivity contribution is 5.53. The number of hydrogen-bond acceptors (Lipinski definition) is 2. The number of methoxy groups -OCH3 is 1. The minimum atomic E-state index is 0.222. The third kappa shape index (κ3) is 2.14. The predicted molar refractivity (Wildman–Crippen MR) is 62.7 cm³/mol. The van der Waals surface area contributed by atoms with Crippen molar-refractivity contribution in [3.8, 4) is 11.5 Å². The Labute approximate surface area is 91.2 Å². The van der Waals surface area contributed by atoms with Gasteiger partial charge in [-0.25, -0.2) is 0 Å². The van der Waals surface area contributed by atoms with Crippen LogP contribution in [-0.2, 0) is 12.8 Å². The summed E-state index contributed by atoms with van der Waals surface area (Å²) in [5.74, 6) is 0.795. The van der Waals surface area contributed by atoms with Crippen LogP contribution in [0.25, 0.3) is 0 Å². The van der Waals surface area contributed by atoms with Gasteiger partial charge in [-0.3, -0.25) is 0 Å². The fourth-order valence-electron chi connectivity index (χ4n) is 1.89. The number of benzene rings is 1. The molecule has 1 N–H and O–H groups in total. The lowest BCUT2D eigenvalue weighted by atomic mass is 9.96. The molecule has 0 aliphatic carbocycles. The van der Waals surface area contributed by atoms with E-state index >= 15 is 0 Å². The number of ether oxygens (including phenoxy) is 1. The van der Waals surface area contributed by atoms with Gasteiger partial charge in [0.05, 0.1) is 7.11 Å². The van der Waals surface area contributed by atoms with E-state index in [0.29, 0.717) is 5.75 Å². The summed E-state index contributed by atoms with van der Waals surface area (Å²) in [7, 11) is 1.57. The van der Waals surface area contributed by atoms with Crippen LogP contribution in [0.15, 0.2) is 18.7 Å². The van der Waals surface area contributed by atoms with Crippen LogP contribution in [0.1, 0.15) is 23.6 Å². The van der Waals surface area contributed by atoms with Crippen molar-refractivity contribution in [2.45, 2.75) is 26.7 Å². The van der Waals surface area contributed by atoms with E-state index in [1.165, 1.54) is 5.56 Å². The summed E-state index contributed by atoms with van der Waals surface area (Å²) in [5, 5.41) is 9.75. The van der Waals surface area contributed by atoms with E-state index in [1.54, 1.807) is 13.2 Å². The summed E-state index contributed by atoms with van der Waals surface area (Å²) >= 11 is 0. The molecule has 2 heteroatoms. The third-order valence-electron chi connectivity index (χ3n) is 2.66. The van der Waals surface area contributed by atoms with Crippen molar-refractivity contribution in [2.24, 2.45) is 0 Å². The molecule has 0 aliphatic heterocycles. The van der Waals surface area contributed by atoms with Crippen molar-refractivity contribution in [1.29, 1.82) is 0 Å². The molecule has 1 rings (SSSR count). The first-order valence-electron chi connectivity index (χ1n) is 5.14. The van der Waals surface area contributed by atoms with Crippen LogP contribution in [0.2, 0.25) is 0 Å². The van der Waals surface area contributed by atoms with Gasteiger partial charge in [0, 0.05) is 0 Å². The maximum atomic E-state index is 9.75. The second-order valence-corrected chi connectivity index (χ2v) is 3.54. The second-order valence-electron chi connectivity index (χ2n) is 3.54. The minimum absolute atomic E-state index is 0.222. The third-order valence-corrected chi connectivity index (χ3v) is 2.66. The molecular formula is C13H18O2. The number of aromatic hydroxyl groups is 1. The Morgan fingerprint density at radius 3 is 2.67 bits per heavy atom. The highest BCUT2D eigenvalue weighted by Gasteiger charge is 2.13. The van der Waals surface area contributed by atoms with Crippen LogP contribution in [0, 0.1) is 6.92 Å². The molecule has 0 aliphatic rings. The zero-order valence-corrected chi connectivity index (χ0v) is 9.63. The molecule has 0 atom stereocenters. The second kappa shape index (κ2) is 4.87. The smallest absolute Gasteiger partial charge is 0.163 e. The molecule has 0 bridgehead atoms. The Morgan fingerprint density at radius 2 is 2.20 bits per heavy atom. The average molecular weight is 206 g/mol. The first-order chi connectivity index (χ1) is 7.15. The quantitative estimate of drug-likeness (QED) is 0.767. The van der Waals surface area contributed by atoms with Crippen LogP contribution in [0.5, 0.6) is 11.5 Å². The van der Waals surface area contributed by atoms with Crippen molar-refractivity contribution in [2.75, 3.05) is 7.11 Å². The highest BCUT2D eigenvalue weighted by atomic mass is 16.5. The molecule has 0 heterocycles. The van der Waals surface area contributed by atoms with E-state index in [4.69, 9.17) is 4.74 Å². The van der Waals surface area contributed by atoms with E-state index in [-0.39, 0.29) is 5.75 Å². The van der Waals surface area contributed by atoms with Gasteiger partial charge in [0.2, 0.25) is 0 Å². The number of phenolic OH excluding ortho intramolecular Hbond substituents is 1. The average Bonchev–Trinajstić information content (AvgIpc) is 2.22. The summed E-state index contributed by atoms with van der Waals surface area (Å²) in [6.45, 7) is 7.79. The molecule has 0 fully saturated rings. The van der Waals surface area contributed by atoms with E-state index in [0.717, 1.165) is 24.0 Å². The monoisotopic (exact) mass is 206 g/mol. The fourth-order valence-corrected chi connectivity index (χ4v) is 1.89. The fraction of sp³-hybridized carbons (Fsp3) is 0.385. The molecule has 0 spiro atoms. The number of phenols is 1. The standard InChI is InChI=1S/C13H18O2/c1-5-7-11-9(3)13(15-4)12(14)8-10(11)6-2/h5,8,14H,1,6-7H2,2-4H3. The Morgan fingerprint density at radius 1 is 1.53 bits per heavy atom. The first-order valence-corrected chi connectivity index (χ1v) is 5.14. The zero-order chi connectivity index (χ0) is 11.4. The first kappa shape index (κ1) is 11.6. The van der Waals surface area contributed by atoms with E-state index in [2.05, 4.69) is 13.5 Å². The van der Waals surface area contributed by atoms with Gasteiger partial charge < -0.3 is 9.84 Å². The van der Waals surface area contributed by atoms with Gasteiger partial charge in [0.25, 0.3) is 0 Å². The molecule has 0 saturated heterocycles. The maximum Gasteiger partial charge on any atom is 0.163 e. The van der Waals surface area contributed by atoms with Crippen molar-refractivity contribution in [3.05, 3.63) is 35.4 Å². The van der Waals surface area contributed by atoms with E-state index < -0.39 is 0 Å². The van der Waals surface area contributed by atoms with Crippen LogP contribution < -0.4 is 4.74 Å². The molecule has 82 valence electrons. The highest BCUT2D eigenvalue weighted by Crippen LogP contribution is 2.35. The number of hydrogen-bond donors (Lipinski definition) is 1. The summed E-state index contributed by atoms with van der Waals surface area (Å²) in [5.41, 5.74) is 3.38. The summed E-state index contributed by atoms with van der Waals surface area (Å²) < 4.78 is 5.18. The van der Waals surface area contributed by atoms with Crippen molar-refractivity contribution in [3.63, 3.8) is 0 Å². The van der Waals surface area contributed by atoms with Gasteiger partial charge >= 0.3 is 0 Å². The Kier molecular flexibility index (Phi) is 3.78. The molecule has 2 nitrogen and oxygen atoms in total. The maximum absolute atomic E-state index is 9.75. The van der Waals surface area contributed by atoms with Crippen LogP contribution in [0.3, 0.4) is 0 Å². The lowest BCUT2D eigenvalue weighted by molar-refractivity contribution is 0.370. The molecule has 0 unspecified atom stereocenters. The number of aryl methyl sites for hydroxylation is 1.